The molecule has 3 aromatic carbocycles. The van der Waals surface area contributed by atoms with Gasteiger partial charge in [0.05, 0.1) is 34.2 Å². The van der Waals surface area contributed by atoms with Crippen LogP contribution in [0.5, 0.6) is 5.75 Å². The average Bonchev–Trinajstić information content (AvgIpc) is 3.45. The number of carboxylic acid groups (broad SMARTS) is 1. The predicted octanol–water partition coefficient (Wildman–Crippen LogP) is 4.37. The number of nitrogens with zero attached hydrogens (tertiary/aromatic N) is 1. The Labute approximate surface area is 264 Å². The molecule has 1 saturated heterocycles. The van der Waals surface area contributed by atoms with Crippen molar-refractivity contribution in [2.45, 2.75) is 22.5 Å². The van der Waals surface area contributed by atoms with Crippen molar-refractivity contribution in [2.24, 2.45) is 5.92 Å². The average molecular weight is 675 g/mol. The highest BCUT2D eigenvalue weighted by molar-refractivity contribution is 7.91. The molecule has 0 bridgehead atoms. The second-order valence-electron chi connectivity index (χ2n) is 10.1. The molecule has 2 aliphatic heterocycles. The number of aliphatic carboxylic acids is 1. The van der Waals surface area contributed by atoms with Gasteiger partial charge in [0.15, 0.2) is 0 Å². The molecular weight excluding hydrogens is 649 g/mol. The Morgan fingerprint density at radius 3 is 2.39 bits per heavy atom. The zero-order valence-corrected chi connectivity index (χ0v) is 25.3. The van der Waals surface area contributed by atoms with Crippen LogP contribution in [-0.4, -0.2) is 62.2 Å². The van der Waals surface area contributed by atoms with Crippen molar-refractivity contribution in [3.63, 3.8) is 0 Å². The van der Waals surface area contributed by atoms with E-state index in [9.17, 15) is 31.2 Å². The summed E-state index contributed by atoms with van der Waals surface area (Å²) in [4.78, 5) is 39.7. The van der Waals surface area contributed by atoms with Crippen LogP contribution < -0.4 is 20.7 Å². The molecule has 4 N–H and O–H groups in total. The van der Waals surface area contributed by atoms with Gasteiger partial charge in [-0.15, -0.1) is 11.3 Å². The molecule has 0 atom stereocenters. The van der Waals surface area contributed by atoms with Gasteiger partial charge in [-0.25, -0.2) is 18.2 Å². The smallest absolute Gasteiger partial charge is 0.490 e. The van der Waals surface area contributed by atoms with Gasteiger partial charge < -0.3 is 25.8 Å². The fourth-order valence-electron chi connectivity index (χ4n) is 4.37. The minimum Gasteiger partial charge on any atom is -0.493 e. The van der Waals surface area contributed by atoms with Crippen LogP contribution >= 0.6 is 11.3 Å². The minimum atomic E-state index is -5.08. The summed E-state index contributed by atoms with van der Waals surface area (Å²) in [6.07, 6.45) is -3.37. The van der Waals surface area contributed by atoms with E-state index in [4.69, 9.17) is 14.6 Å². The second-order valence-corrected chi connectivity index (χ2v) is 13.1. The number of carboxylic acids is 1. The molecule has 1 aromatic heterocycles. The molecule has 240 valence electrons. The number of hydrogen-bond donors (Lipinski definition) is 4. The number of alkyl halides is 3. The van der Waals surface area contributed by atoms with Crippen molar-refractivity contribution >= 4 is 44.6 Å². The number of ether oxygens (including phenoxy) is 1. The normalized spacial score (nSPS) is 15.1. The highest BCUT2D eigenvalue weighted by atomic mass is 32.2. The zero-order valence-electron chi connectivity index (χ0n) is 23.6. The summed E-state index contributed by atoms with van der Waals surface area (Å²) in [5.41, 5.74) is 1.32. The van der Waals surface area contributed by atoms with Gasteiger partial charge in [0.25, 0.3) is 11.8 Å². The standard InChI is InChI=1S/C28H24N4O5S2.C2HF3O2/c33-26(19-7-10-25-23(11-19)32-27(34)22-3-1-2-4-24(22)39(25,35)36)30-14-21-15-31-28(38-21)18-5-8-20(9-6-18)37-16-17-12-29-13-17;3-2(4,5)1(6)7/h1-11,15,17,29H,12-14,16H2,(H,30,33)(H,32,34);(H,6,7). The van der Waals surface area contributed by atoms with Gasteiger partial charge in [-0.3, -0.25) is 9.59 Å². The van der Waals surface area contributed by atoms with E-state index in [2.05, 4.69) is 20.9 Å². The summed E-state index contributed by atoms with van der Waals surface area (Å²) in [6, 6.07) is 18.0. The van der Waals surface area contributed by atoms with Gasteiger partial charge in [0, 0.05) is 41.2 Å². The van der Waals surface area contributed by atoms with Crippen LogP contribution in [0.3, 0.4) is 0 Å². The number of anilines is 1. The van der Waals surface area contributed by atoms with E-state index in [1.165, 1.54) is 41.7 Å². The number of sulfone groups is 1. The van der Waals surface area contributed by atoms with Crippen LogP contribution in [0.4, 0.5) is 18.9 Å². The molecule has 4 aromatic rings. The first-order chi connectivity index (χ1) is 21.8. The van der Waals surface area contributed by atoms with Crippen LogP contribution in [0.15, 0.2) is 82.7 Å². The van der Waals surface area contributed by atoms with E-state index in [-0.39, 0.29) is 33.2 Å². The lowest BCUT2D eigenvalue weighted by Gasteiger charge is -2.26. The molecule has 3 heterocycles. The van der Waals surface area contributed by atoms with Crippen LogP contribution in [0, 0.1) is 5.92 Å². The highest BCUT2D eigenvalue weighted by Crippen LogP contribution is 2.34. The van der Waals surface area contributed by atoms with Crippen LogP contribution in [-0.2, 0) is 21.2 Å². The zero-order chi connectivity index (χ0) is 33.1. The maximum atomic E-state index is 13.2. The molecule has 2 aliphatic rings. The topological polar surface area (TPSA) is 164 Å². The van der Waals surface area contributed by atoms with Gasteiger partial charge in [0.1, 0.15) is 10.8 Å². The molecule has 0 aliphatic carbocycles. The summed E-state index contributed by atoms with van der Waals surface area (Å²) < 4.78 is 63.9. The molecule has 46 heavy (non-hydrogen) atoms. The minimum absolute atomic E-state index is 0.0547. The van der Waals surface area contributed by atoms with Gasteiger partial charge in [-0.2, -0.15) is 13.2 Å². The van der Waals surface area contributed by atoms with E-state index in [0.29, 0.717) is 12.5 Å². The van der Waals surface area contributed by atoms with Gasteiger partial charge >= 0.3 is 12.1 Å². The molecule has 0 radical (unpaired) electrons. The number of rotatable bonds is 7. The van der Waals surface area contributed by atoms with Crippen molar-refractivity contribution in [2.75, 3.05) is 25.0 Å². The lowest BCUT2D eigenvalue weighted by Crippen LogP contribution is -2.45. The van der Waals surface area contributed by atoms with E-state index < -0.39 is 33.8 Å². The Kier molecular flexibility index (Phi) is 9.41. The number of nitrogens with one attached hydrogen (secondary N) is 3. The monoisotopic (exact) mass is 674 g/mol. The number of hydrogen-bond acceptors (Lipinski definition) is 9. The summed E-state index contributed by atoms with van der Waals surface area (Å²) >= 11 is 1.47. The maximum Gasteiger partial charge on any atom is 0.490 e. The highest BCUT2D eigenvalue weighted by Gasteiger charge is 2.38. The number of halogens is 3. The Balaban J connectivity index is 0.000000537. The van der Waals surface area contributed by atoms with Gasteiger partial charge in [-0.05, 0) is 54.6 Å². The maximum absolute atomic E-state index is 13.2. The summed E-state index contributed by atoms with van der Waals surface area (Å²) in [7, 11) is -3.93. The molecule has 0 saturated carbocycles. The van der Waals surface area contributed by atoms with Crippen LogP contribution in [0.1, 0.15) is 25.6 Å². The quantitative estimate of drug-likeness (QED) is 0.223. The van der Waals surface area contributed by atoms with Crippen molar-refractivity contribution < 1.29 is 45.8 Å². The second kappa shape index (κ2) is 13.3. The predicted molar refractivity (Wildman–Crippen MR) is 161 cm³/mol. The first-order valence-corrected chi connectivity index (χ1v) is 15.9. The molecule has 16 heteroatoms. The number of fused-ring (bicyclic) bond motifs is 2. The lowest BCUT2D eigenvalue weighted by atomic mass is 10.1. The number of amides is 2. The third kappa shape index (κ3) is 7.35. The SMILES string of the molecule is O=C(NCc1cnc(-c2ccc(OCC3CNC3)cc2)s1)c1ccc2c(c1)NC(=O)c1ccccc1S2(=O)=O.O=C(O)C(F)(F)F. The fourth-order valence-corrected chi connectivity index (χ4v) is 6.82. The van der Waals surface area contributed by atoms with E-state index in [1.807, 2.05) is 24.3 Å². The number of benzene rings is 3. The molecule has 0 unspecified atom stereocenters. The molecule has 2 amide bonds. The van der Waals surface area contributed by atoms with Crippen molar-refractivity contribution in [3.05, 3.63) is 88.9 Å². The van der Waals surface area contributed by atoms with Gasteiger partial charge in [0.2, 0.25) is 9.84 Å². The molecule has 11 nitrogen and oxygen atoms in total. The van der Waals surface area contributed by atoms with Crippen LogP contribution in [0.2, 0.25) is 0 Å². The Hall–Kier alpha value is -4.80. The number of thiazole rings is 1. The Bertz CT molecular complexity index is 1890. The Morgan fingerprint density at radius 2 is 1.74 bits per heavy atom. The largest absolute Gasteiger partial charge is 0.493 e. The molecule has 6 rings (SSSR count). The third-order valence-corrected chi connectivity index (χ3v) is 9.79. The lowest BCUT2D eigenvalue weighted by molar-refractivity contribution is -0.192. The van der Waals surface area contributed by atoms with Gasteiger partial charge in [-0.1, -0.05) is 12.1 Å². The van der Waals surface area contributed by atoms with E-state index in [1.54, 1.807) is 18.3 Å². The van der Waals surface area contributed by atoms with Crippen molar-refractivity contribution in [1.29, 1.82) is 0 Å². The Morgan fingerprint density at radius 1 is 1.04 bits per heavy atom. The third-order valence-electron chi connectivity index (χ3n) is 6.87. The summed E-state index contributed by atoms with van der Waals surface area (Å²) in [5, 5.41) is 16.7. The van der Waals surface area contributed by atoms with E-state index in [0.717, 1.165) is 34.3 Å². The molecular formula is C30H25F3N4O7S2. The number of carbonyl (C=O) groups is 3. The van der Waals surface area contributed by atoms with Crippen molar-refractivity contribution in [1.82, 2.24) is 15.6 Å². The molecule has 1 fully saturated rings. The van der Waals surface area contributed by atoms with Crippen LogP contribution in [0.25, 0.3) is 10.6 Å². The first-order valence-electron chi connectivity index (χ1n) is 13.6. The summed E-state index contributed by atoms with van der Waals surface area (Å²) in [5.74, 6) is -2.31. The fraction of sp³-hybridized carbons (Fsp3) is 0.200. The van der Waals surface area contributed by atoms with Crippen molar-refractivity contribution in [3.8, 4) is 16.3 Å². The molecule has 0 spiro atoms. The number of carbonyl (C=O) groups excluding carboxylic acids is 2. The number of aromatic nitrogens is 1. The van der Waals surface area contributed by atoms with E-state index >= 15 is 0 Å². The first kappa shape index (κ1) is 32.6. The summed E-state index contributed by atoms with van der Waals surface area (Å²) in [6.45, 7) is 2.94.